The lowest BCUT2D eigenvalue weighted by atomic mass is 9.74. The molecule has 0 aromatic heterocycles. The van der Waals surface area contributed by atoms with Gasteiger partial charge in [-0.1, -0.05) is 79.7 Å². The van der Waals surface area contributed by atoms with Crippen LogP contribution in [-0.4, -0.2) is 8.32 Å². The first-order valence-electron chi connectivity index (χ1n) is 9.39. The van der Waals surface area contributed by atoms with Gasteiger partial charge in [0.1, 0.15) is 11.4 Å². The molecule has 0 bridgehead atoms. The molecule has 1 unspecified atom stereocenters. The average molecular weight is 379 g/mol. The number of halogens is 1. The van der Waals surface area contributed by atoms with Crippen molar-refractivity contribution in [3.63, 3.8) is 0 Å². The fourth-order valence-electron chi connectivity index (χ4n) is 3.71. The number of hydrogen-bond acceptors (Lipinski definition) is 1. The van der Waals surface area contributed by atoms with E-state index in [2.05, 4.69) is 75.1 Å². The van der Waals surface area contributed by atoms with Gasteiger partial charge in [0.15, 0.2) is 8.32 Å². The van der Waals surface area contributed by atoms with Gasteiger partial charge in [0.25, 0.3) is 0 Å². The second kappa shape index (κ2) is 7.79. The first-order chi connectivity index (χ1) is 12.8. The highest BCUT2D eigenvalue weighted by atomic mass is 28.4. The Morgan fingerprint density at radius 3 is 1.59 bits per heavy atom. The van der Waals surface area contributed by atoms with Gasteiger partial charge in [-0.15, -0.1) is 0 Å². The van der Waals surface area contributed by atoms with E-state index in [-0.39, 0.29) is 11.7 Å². The third-order valence-corrected chi connectivity index (χ3v) is 5.79. The van der Waals surface area contributed by atoms with E-state index in [0.717, 1.165) is 16.7 Å². The van der Waals surface area contributed by atoms with Gasteiger partial charge in [-0.3, -0.25) is 0 Å². The summed E-state index contributed by atoms with van der Waals surface area (Å²) < 4.78 is 20.5. The van der Waals surface area contributed by atoms with Gasteiger partial charge in [-0.2, -0.15) is 0 Å². The van der Waals surface area contributed by atoms with Crippen LogP contribution in [0.2, 0.25) is 19.6 Å². The summed E-state index contributed by atoms with van der Waals surface area (Å²) in [6.45, 7) is 8.81. The molecule has 1 nitrogen and oxygen atoms in total. The van der Waals surface area contributed by atoms with Crippen molar-refractivity contribution in [1.29, 1.82) is 0 Å². The zero-order valence-electron chi connectivity index (χ0n) is 16.4. The van der Waals surface area contributed by atoms with Gasteiger partial charge in [0.2, 0.25) is 0 Å². The molecule has 0 saturated heterocycles. The fourth-order valence-corrected chi connectivity index (χ4v) is 5.09. The second-order valence-electron chi connectivity index (χ2n) is 7.96. The maximum Gasteiger partial charge on any atom is 0.185 e. The molecule has 0 heterocycles. The van der Waals surface area contributed by atoms with E-state index in [1.54, 1.807) is 0 Å². The highest BCUT2D eigenvalue weighted by Crippen LogP contribution is 2.47. The van der Waals surface area contributed by atoms with E-state index in [9.17, 15) is 4.39 Å². The Bertz CT molecular complexity index is 815. The SMILES string of the molecule is CC(c1ccc(F)cc1)C(O[Si](C)(C)C)(c1ccccc1)c1ccccc1. The average Bonchev–Trinajstić information content (AvgIpc) is 2.67. The minimum absolute atomic E-state index is 0.00891. The van der Waals surface area contributed by atoms with Crippen LogP contribution in [0, 0.1) is 5.82 Å². The summed E-state index contributed by atoms with van der Waals surface area (Å²) in [5.41, 5.74) is 2.67. The normalized spacial score (nSPS) is 13.4. The maximum atomic E-state index is 13.5. The lowest BCUT2D eigenvalue weighted by molar-refractivity contribution is 0.0758. The Balaban J connectivity index is 2.27. The van der Waals surface area contributed by atoms with Crippen LogP contribution in [0.4, 0.5) is 4.39 Å². The Kier molecular flexibility index (Phi) is 5.63. The van der Waals surface area contributed by atoms with Crippen LogP contribution in [-0.2, 0) is 10.0 Å². The second-order valence-corrected chi connectivity index (χ2v) is 12.4. The highest BCUT2D eigenvalue weighted by molar-refractivity contribution is 6.69. The molecule has 140 valence electrons. The molecule has 0 aliphatic rings. The first kappa shape index (κ1) is 19.5. The van der Waals surface area contributed by atoms with Crippen molar-refractivity contribution in [1.82, 2.24) is 0 Å². The van der Waals surface area contributed by atoms with E-state index in [4.69, 9.17) is 4.43 Å². The van der Waals surface area contributed by atoms with E-state index in [1.807, 2.05) is 24.3 Å². The first-order valence-corrected chi connectivity index (χ1v) is 12.8. The summed E-state index contributed by atoms with van der Waals surface area (Å²) in [5.74, 6) is -0.211. The quantitative estimate of drug-likeness (QED) is 0.432. The van der Waals surface area contributed by atoms with Crippen LogP contribution < -0.4 is 0 Å². The molecule has 0 amide bonds. The van der Waals surface area contributed by atoms with Crippen molar-refractivity contribution in [3.05, 3.63) is 107 Å². The Morgan fingerprint density at radius 2 is 1.19 bits per heavy atom. The fraction of sp³-hybridized carbons (Fsp3) is 0.250. The van der Waals surface area contributed by atoms with Gasteiger partial charge >= 0.3 is 0 Å². The molecule has 3 aromatic carbocycles. The van der Waals surface area contributed by atoms with E-state index < -0.39 is 13.9 Å². The predicted octanol–water partition coefficient (Wildman–Crippen LogP) is 6.72. The Labute approximate surface area is 163 Å². The lowest BCUT2D eigenvalue weighted by Crippen LogP contribution is -2.45. The Morgan fingerprint density at radius 1 is 0.741 bits per heavy atom. The van der Waals surface area contributed by atoms with Gasteiger partial charge in [0, 0.05) is 5.92 Å². The summed E-state index contributed by atoms with van der Waals surface area (Å²) in [4.78, 5) is 0. The third kappa shape index (κ3) is 4.20. The van der Waals surface area contributed by atoms with Gasteiger partial charge < -0.3 is 4.43 Å². The number of benzene rings is 3. The van der Waals surface area contributed by atoms with Crippen molar-refractivity contribution in [2.24, 2.45) is 0 Å². The molecule has 27 heavy (non-hydrogen) atoms. The zero-order chi connectivity index (χ0) is 19.5. The molecule has 0 aliphatic carbocycles. The van der Waals surface area contributed by atoms with Crippen molar-refractivity contribution < 1.29 is 8.82 Å². The molecule has 3 heteroatoms. The van der Waals surface area contributed by atoms with Gasteiger partial charge in [0.05, 0.1) is 0 Å². The predicted molar refractivity (Wildman–Crippen MR) is 113 cm³/mol. The molecule has 0 saturated carbocycles. The van der Waals surface area contributed by atoms with Gasteiger partial charge in [-0.05, 0) is 48.5 Å². The van der Waals surface area contributed by atoms with E-state index in [0.29, 0.717) is 0 Å². The van der Waals surface area contributed by atoms with E-state index >= 15 is 0 Å². The summed E-state index contributed by atoms with van der Waals surface area (Å²) in [7, 11) is -1.94. The summed E-state index contributed by atoms with van der Waals surface area (Å²) >= 11 is 0. The van der Waals surface area contributed by atoms with Gasteiger partial charge in [-0.25, -0.2) is 4.39 Å². The summed E-state index contributed by atoms with van der Waals surface area (Å²) in [6.07, 6.45) is 0. The maximum absolute atomic E-state index is 13.5. The minimum atomic E-state index is -1.94. The smallest absolute Gasteiger partial charge is 0.185 e. The van der Waals surface area contributed by atoms with Crippen molar-refractivity contribution in [3.8, 4) is 0 Å². The third-order valence-electron chi connectivity index (χ3n) is 4.85. The monoisotopic (exact) mass is 378 g/mol. The largest absolute Gasteiger partial charge is 0.403 e. The van der Waals surface area contributed by atoms with Crippen molar-refractivity contribution in [2.45, 2.75) is 38.1 Å². The van der Waals surface area contributed by atoms with Crippen LogP contribution in [0.25, 0.3) is 0 Å². The van der Waals surface area contributed by atoms with Crippen molar-refractivity contribution in [2.75, 3.05) is 0 Å². The summed E-state index contributed by atoms with van der Waals surface area (Å²) in [5, 5.41) is 0. The Hall–Kier alpha value is -2.23. The van der Waals surface area contributed by atoms with E-state index in [1.165, 1.54) is 12.1 Å². The molecule has 3 aromatic rings. The number of hydrogen-bond donors (Lipinski definition) is 0. The molecular weight excluding hydrogens is 351 g/mol. The van der Waals surface area contributed by atoms with Crippen LogP contribution in [0.5, 0.6) is 0 Å². The summed E-state index contributed by atoms with van der Waals surface area (Å²) in [6, 6.07) is 27.6. The standard InChI is InChI=1S/C24H27FOSi/c1-19(20-15-17-23(25)18-16-20)24(26-27(2,3)4,21-11-7-5-8-12-21)22-13-9-6-10-14-22/h5-19H,1-4H3. The van der Waals surface area contributed by atoms with Crippen LogP contribution in [0.3, 0.4) is 0 Å². The molecule has 0 spiro atoms. The van der Waals surface area contributed by atoms with Crippen LogP contribution in [0.1, 0.15) is 29.5 Å². The van der Waals surface area contributed by atoms with Crippen molar-refractivity contribution >= 4 is 8.32 Å². The molecule has 0 aliphatic heterocycles. The molecular formula is C24H27FOSi. The zero-order valence-corrected chi connectivity index (χ0v) is 17.4. The minimum Gasteiger partial charge on any atom is -0.403 e. The highest BCUT2D eigenvalue weighted by Gasteiger charge is 2.44. The molecule has 0 N–H and O–H groups in total. The van der Waals surface area contributed by atoms with Crippen LogP contribution >= 0.6 is 0 Å². The topological polar surface area (TPSA) is 9.23 Å². The number of rotatable bonds is 6. The van der Waals surface area contributed by atoms with Crippen LogP contribution in [0.15, 0.2) is 84.9 Å². The molecule has 1 atom stereocenters. The molecule has 3 rings (SSSR count). The lowest BCUT2D eigenvalue weighted by Gasteiger charge is -2.45. The molecule has 0 radical (unpaired) electrons. The molecule has 0 fully saturated rings.